The van der Waals surface area contributed by atoms with E-state index in [4.69, 9.17) is 9.47 Å². The average molecular weight is 336 g/mol. The first kappa shape index (κ1) is 17.6. The van der Waals surface area contributed by atoms with Gasteiger partial charge in [-0.25, -0.2) is 9.59 Å². The van der Waals surface area contributed by atoms with Crippen LogP contribution in [0.3, 0.4) is 0 Å². The highest BCUT2D eigenvalue weighted by Gasteiger charge is 2.33. The first-order valence-electron chi connectivity index (χ1n) is 7.40. The Bertz CT molecular complexity index is 680. The van der Waals surface area contributed by atoms with Crippen molar-refractivity contribution in [2.45, 2.75) is 39.3 Å². The van der Waals surface area contributed by atoms with Crippen molar-refractivity contribution in [1.29, 1.82) is 0 Å². The molecule has 0 spiro atoms. The number of aliphatic carboxylic acids is 1. The van der Waals surface area contributed by atoms with Gasteiger partial charge in [-0.15, -0.1) is 0 Å². The van der Waals surface area contributed by atoms with E-state index in [1.165, 1.54) is 13.0 Å². The molecule has 2 rings (SSSR count). The number of carbonyl (C=O) groups is 3. The van der Waals surface area contributed by atoms with Crippen molar-refractivity contribution in [3.05, 3.63) is 18.2 Å². The lowest BCUT2D eigenvalue weighted by Crippen LogP contribution is -2.48. The van der Waals surface area contributed by atoms with Crippen molar-refractivity contribution in [2.75, 3.05) is 16.8 Å². The summed E-state index contributed by atoms with van der Waals surface area (Å²) in [6.07, 6.45) is -0.650. The average Bonchev–Trinajstić information content (AvgIpc) is 2.44. The number of nitrogens with zero attached hydrogens (tertiary/aromatic N) is 1. The van der Waals surface area contributed by atoms with Crippen LogP contribution in [0.1, 0.15) is 27.7 Å². The quantitative estimate of drug-likeness (QED) is 0.877. The van der Waals surface area contributed by atoms with Crippen molar-refractivity contribution in [2.24, 2.45) is 0 Å². The lowest BCUT2D eigenvalue weighted by atomic mass is 10.1. The number of benzene rings is 1. The summed E-state index contributed by atoms with van der Waals surface area (Å²) in [7, 11) is 0. The van der Waals surface area contributed by atoms with Crippen LogP contribution in [0, 0.1) is 0 Å². The van der Waals surface area contributed by atoms with E-state index in [2.05, 4.69) is 5.32 Å². The highest BCUT2D eigenvalue weighted by Crippen LogP contribution is 2.36. The van der Waals surface area contributed by atoms with E-state index in [9.17, 15) is 19.5 Å². The van der Waals surface area contributed by atoms with Crippen LogP contribution in [0.15, 0.2) is 18.2 Å². The summed E-state index contributed by atoms with van der Waals surface area (Å²) >= 11 is 0. The molecule has 2 amide bonds. The molecule has 1 unspecified atom stereocenters. The van der Waals surface area contributed by atoms with Crippen molar-refractivity contribution < 1.29 is 29.0 Å². The molecule has 1 aliphatic rings. The van der Waals surface area contributed by atoms with Gasteiger partial charge in [0.1, 0.15) is 17.4 Å². The van der Waals surface area contributed by atoms with E-state index >= 15 is 0 Å². The minimum Gasteiger partial charge on any atom is -0.482 e. The first-order chi connectivity index (χ1) is 11.1. The van der Waals surface area contributed by atoms with E-state index < -0.39 is 29.6 Å². The fraction of sp³-hybridized carbons (Fsp3) is 0.438. The Morgan fingerprint density at radius 2 is 2.04 bits per heavy atom. The molecule has 0 radical (unpaired) electrons. The van der Waals surface area contributed by atoms with Gasteiger partial charge in [-0.2, -0.15) is 0 Å². The number of hydrogen-bond acceptors (Lipinski definition) is 5. The van der Waals surface area contributed by atoms with Gasteiger partial charge in [-0.1, -0.05) is 0 Å². The smallest absolute Gasteiger partial charge is 0.412 e. The molecule has 8 heteroatoms. The van der Waals surface area contributed by atoms with E-state index in [1.54, 1.807) is 32.9 Å². The Hall–Kier alpha value is -2.77. The first-order valence-corrected chi connectivity index (χ1v) is 7.40. The predicted octanol–water partition coefficient (Wildman–Crippen LogP) is 2.23. The van der Waals surface area contributed by atoms with Gasteiger partial charge in [-0.3, -0.25) is 15.0 Å². The molecule has 1 aromatic rings. The van der Waals surface area contributed by atoms with E-state index in [0.717, 1.165) is 4.90 Å². The zero-order valence-corrected chi connectivity index (χ0v) is 14.0. The third kappa shape index (κ3) is 3.95. The minimum absolute atomic E-state index is 0.233. The van der Waals surface area contributed by atoms with Crippen LogP contribution in [-0.4, -0.2) is 41.3 Å². The molecule has 0 aromatic heterocycles. The second-order valence-corrected chi connectivity index (χ2v) is 6.38. The molecule has 1 atom stereocenters. The number of carboxylic acids is 1. The van der Waals surface area contributed by atoms with E-state index in [-0.39, 0.29) is 12.3 Å². The number of hydrogen-bond donors (Lipinski definition) is 2. The number of amides is 2. The molecule has 24 heavy (non-hydrogen) atoms. The molecule has 2 N–H and O–H groups in total. The third-order valence-electron chi connectivity index (χ3n) is 3.23. The van der Waals surface area contributed by atoms with Crippen LogP contribution < -0.4 is 15.0 Å². The Morgan fingerprint density at radius 1 is 1.38 bits per heavy atom. The summed E-state index contributed by atoms with van der Waals surface area (Å²) in [5, 5.41) is 11.7. The van der Waals surface area contributed by atoms with E-state index in [0.29, 0.717) is 11.4 Å². The van der Waals surface area contributed by atoms with Crippen molar-refractivity contribution >= 4 is 29.3 Å². The maximum absolute atomic E-state index is 12.0. The maximum Gasteiger partial charge on any atom is 0.412 e. The van der Waals surface area contributed by atoms with Crippen LogP contribution in [0.5, 0.6) is 5.75 Å². The third-order valence-corrected chi connectivity index (χ3v) is 3.23. The molecule has 1 aromatic carbocycles. The molecule has 0 aliphatic carbocycles. The second-order valence-electron chi connectivity index (χ2n) is 6.38. The van der Waals surface area contributed by atoms with Crippen molar-refractivity contribution in [1.82, 2.24) is 0 Å². The lowest BCUT2D eigenvalue weighted by Gasteiger charge is -2.32. The molecule has 8 nitrogen and oxygen atoms in total. The fourth-order valence-electron chi connectivity index (χ4n) is 2.21. The Kier molecular flexibility index (Phi) is 4.68. The molecule has 0 bridgehead atoms. The fourth-order valence-corrected chi connectivity index (χ4v) is 2.21. The number of fused-ring (bicyclic) bond motifs is 1. The SMILES string of the molecule is CC(C(=O)O)N1C(=O)COc2ccc(NC(=O)OC(C)(C)C)cc21. The molecule has 130 valence electrons. The normalized spacial score (nSPS) is 15.2. The number of carboxylic acid groups (broad SMARTS) is 1. The topological polar surface area (TPSA) is 105 Å². The van der Waals surface area contributed by atoms with Crippen LogP contribution in [-0.2, 0) is 14.3 Å². The van der Waals surface area contributed by atoms with E-state index in [1.807, 2.05) is 0 Å². The maximum atomic E-state index is 12.0. The minimum atomic E-state index is -1.14. The van der Waals surface area contributed by atoms with Gasteiger partial charge in [-0.05, 0) is 45.9 Å². The van der Waals surface area contributed by atoms with Crippen LogP contribution >= 0.6 is 0 Å². The Morgan fingerprint density at radius 3 is 2.62 bits per heavy atom. The number of anilines is 2. The van der Waals surface area contributed by atoms with Crippen LogP contribution in [0.25, 0.3) is 0 Å². The Balaban J connectivity index is 2.29. The van der Waals surface area contributed by atoms with Gasteiger partial charge in [0.15, 0.2) is 6.61 Å². The molecule has 1 heterocycles. The lowest BCUT2D eigenvalue weighted by molar-refractivity contribution is -0.140. The summed E-state index contributed by atoms with van der Waals surface area (Å²) in [6.45, 7) is 6.39. The van der Waals surface area contributed by atoms with Gasteiger partial charge in [0.05, 0.1) is 5.69 Å². The second kappa shape index (κ2) is 6.38. The molecule has 0 fully saturated rings. The zero-order valence-electron chi connectivity index (χ0n) is 14.0. The van der Waals surface area contributed by atoms with Gasteiger partial charge < -0.3 is 14.6 Å². The number of ether oxygens (including phenoxy) is 2. The van der Waals surface area contributed by atoms with Crippen LogP contribution in [0.2, 0.25) is 0 Å². The van der Waals surface area contributed by atoms with Crippen LogP contribution in [0.4, 0.5) is 16.2 Å². The van der Waals surface area contributed by atoms with Crippen molar-refractivity contribution in [3.8, 4) is 5.75 Å². The summed E-state index contributed by atoms with van der Waals surface area (Å²) < 4.78 is 10.5. The number of carbonyl (C=O) groups excluding carboxylic acids is 2. The molecular weight excluding hydrogens is 316 g/mol. The molecule has 1 aliphatic heterocycles. The predicted molar refractivity (Wildman–Crippen MR) is 86.4 cm³/mol. The van der Waals surface area contributed by atoms with Gasteiger partial charge in [0.25, 0.3) is 5.91 Å². The zero-order chi connectivity index (χ0) is 18.1. The number of nitrogens with one attached hydrogen (secondary N) is 1. The summed E-state index contributed by atoms with van der Waals surface area (Å²) in [4.78, 5) is 36.3. The van der Waals surface area contributed by atoms with Gasteiger partial charge in [0.2, 0.25) is 0 Å². The highest BCUT2D eigenvalue weighted by atomic mass is 16.6. The summed E-state index contributed by atoms with van der Waals surface area (Å²) in [5.41, 5.74) is -0.0000833. The largest absolute Gasteiger partial charge is 0.482 e. The highest BCUT2D eigenvalue weighted by molar-refractivity contribution is 6.03. The monoisotopic (exact) mass is 336 g/mol. The van der Waals surface area contributed by atoms with Gasteiger partial charge >= 0.3 is 12.1 Å². The van der Waals surface area contributed by atoms with Gasteiger partial charge in [0, 0.05) is 5.69 Å². The summed E-state index contributed by atoms with van der Waals surface area (Å²) in [6, 6.07) is 3.57. The molecule has 0 saturated heterocycles. The standard InChI is InChI=1S/C16H20N2O6/c1-9(14(20)21)18-11-7-10(17-15(22)24-16(2,3)4)5-6-12(11)23-8-13(18)19/h5-7,9H,8H2,1-4H3,(H,17,22)(H,20,21). The molecular formula is C16H20N2O6. The number of rotatable bonds is 3. The molecule has 0 saturated carbocycles. The Labute approximate surface area is 139 Å². The van der Waals surface area contributed by atoms with Crippen molar-refractivity contribution in [3.63, 3.8) is 0 Å². The summed E-state index contributed by atoms with van der Waals surface area (Å²) in [5.74, 6) is -1.23.